The van der Waals surface area contributed by atoms with Gasteiger partial charge in [0.1, 0.15) is 0 Å². The van der Waals surface area contributed by atoms with E-state index >= 15 is 0 Å². The Morgan fingerprint density at radius 2 is 2.00 bits per heavy atom. The van der Waals surface area contributed by atoms with Crippen molar-refractivity contribution >= 4 is 17.2 Å². The molecule has 0 aliphatic carbocycles. The number of benzene rings is 1. The van der Waals surface area contributed by atoms with Gasteiger partial charge in [-0.3, -0.25) is 4.79 Å². The summed E-state index contributed by atoms with van der Waals surface area (Å²) < 4.78 is 52.4. The molecular weight excluding hydrogens is 451 g/mol. The van der Waals surface area contributed by atoms with Gasteiger partial charge in [-0.1, -0.05) is 6.08 Å². The van der Waals surface area contributed by atoms with Gasteiger partial charge in [-0.15, -0.1) is 0 Å². The number of dihydropyridines is 1. The Kier molecular flexibility index (Phi) is 5.23. The highest BCUT2D eigenvalue weighted by atomic mass is 19.4. The molecule has 2 N–H and O–H groups in total. The van der Waals surface area contributed by atoms with Gasteiger partial charge in [0.15, 0.2) is 23.0 Å². The van der Waals surface area contributed by atoms with Crippen LogP contribution in [0.25, 0.3) is 11.4 Å². The maximum Gasteiger partial charge on any atom is 0.433 e. The molecule has 0 bridgehead atoms. The molecule has 0 saturated heterocycles. The Labute approximate surface area is 191 Å². The summed E-state index contributed by atoms with van der Waals surface area (Å²) in [4.78, 5) is 16.6. The number of anilines is 1. The predicted octanol–water partition coefficient (Wildman–Crippen LogP) is 4.16. The zero-order valence-electron chi connectivity index (χ0n) is 17.8. The maximum atomic E-state index is 13.7. The number of hydrogen-bond acceptors (Lipinski definition) is 6. The zero-order valence-corrected chi connectivity index (χ0v) is 17.8. The van der Waals surface area contributed by atoms with E-state index in [1.807, 2.05) is 6.92 Å². The highest BCUT2D eigenvalue weighted by Crippen LogP contribution is 2.34. The number of ether oxygens (including phenoxy) is 2. The molecular formula is C23H18F3N5O3. The third-order valence-corrected chi connectivity index (χ3v) is 5.34. The summed E-state index contributed by atoms with van der Waals surface area (Å²) in [5.74, 6) is 0.548. The van der Waals surface area contributed by atoms with Crippen molar-refractivity contribution in [1.82, 2.24) is 20.1 Å². The van der Waals surface area contributed by atoms with Crippen molar-refractivity contribution in [1.29, 1.82) is 0 Å². The Balaban J connectivity index is 1.40. The summed E-state index contributed by atoms with van der Waals surface area (Å²) in [6.45, 7) is 1.92. The number of aromatic nitrogens is 3. The molecule has 1 unspecified atom stereocenters. The third kappa shape index (κ3) is 4.07. The first-order valence-electron chi connectivity index (χ1n) is 10.3. The summed E-state index contributed by atoms with van der Waals surface area (Å²) in [5.41, 5.74) is 0.514. The van der Waals surface area contributed by atoms with Crippen molar-refractivity contribution in [3.05, 3.63) is 77.9 Å². The lowest BCUT2D eigenvalue weighted by molar-refractivity contribution is -0.142. The summed E-state index contributed by atoms with van der Waals surface area (Å²) >= 11 is 0. The number of rotatable bonds is 4. The van der Waals surface area contributed by atoms with Crippen LogP contribution in [0.2, 0.25) is 0 Å². The molecule has 2 aromatic heterocycles. The van der Waals surface area contributed by atoms with Crippen molar-refractivity contribution in [2.45, 2.75) is 19.1 Å². The average Bonchev–Trinajstić information content (AvgIpc) is 3.47. The molecule has 174 valence electrons. The minimum absolute atomic E-state index is 0.0350. The molecule has 5 rings (SSSR count). The third-order valence-electron chi connectivity index (χ3n) is 5.34. The van der Waals surface area contributed by atoms with Gasteiger partial charge in [0.25, 0.3) is 5.91 Å². The molecule has 0 radical (unpaired) electrons. The average molecular weight is 469 g/mol. The van der Waals surface area contributed by atoms with E-state index in [0.29, 0.717) is 28.3 Å². The largest absolute Gasteiger partial charge is 0.454 e. The van der Waals surface area contributed by atoms with Crippen LogP contribution in [0.1, 0.15) is 28.7 Å². The van der Waals surface area contributed by atoms with Crippen LogP contribution in [0.3, 0.4) is 0 Å². The smallest absolute Gasteiger partial charge is 0.433 e. The normalized spacial score (nSPS) is 16.7. The van der Waals surface area contributed by atoms with Crippen LogP contribution in [0.5, 0.6) is 11.5 Å². The Hall–Kier alpha value is -4.28. The first kappa shape index (κ1) is 21.6. The van der Waals surface area contributed by atoms with E-state index in [0.717, 1.165) is 10.7 Å². The van der Waals surface area contributed by atoms with Crippen LogP contribution in [-0.4, -0.2) is 33.5 Å². The van der Waals surface area contributed by atoms with E-state index in [1.54, 1.807) is 36.6 Å². The SMILES string of the molecule is CC1NC=CC=C1c1cc(C(F)(F)F)n(-c2ccc(NC(=O)c3ccc4c(c3)OCO4)cn2)n1. The summed E-state index contributed by atoms with van der Waals surface area (Å²) in [7, 11) is 0. The fourth-order valence-corrected chi connectivity index (χ4v) is 3.62. The van der Waals surface area contributed by atoms with Gasteiger partial charge in [0.2, 0.25) is 6.79 Å². The predicted molar refractivity (Wildman–Crippen MR) is 117 cm³/mol. The number of amides is 1. The van der Waals surface area contributed by atoms with Crippen LogP contribution in [0.15, 0.2) is 60.9 Å². The van der Waals surface area contributed by atoms with Crippen LogP contribution < -0.4 is 20.1 Å². The van der Waals surface area contributed by atoms with Gasteiger partial charge in [-0.05, 0) is 55.6 Å². The van der Waals surface area contributed by atoms with E-state index in [-0.39, 0.29) is 24.3 Å². The number of carbonyl (C=O) groups is 1. The second kappa shape index (κ2) is 8.25. The quantitative estimate of drug-likeness (QED) is 0.597. The molecule has 11 heteroatoms. The molecule has 4 heterocycles. The number of pyridine rings is 1. The second-order valence-electron chi connectivity index (χ2n) is 7.62. The van der Waals surface area contributed by atoms with Crippen LogP contribution in [-0.2, 0) is 6.18 Å². The van der Waals surface area contributed by atoms with Gasteiger partial charge >= 0.3 is 6.18 Å². The minimum atomic E-state index is -4.64. The second-order valence-corrected chi connectivity index (χ2v) is 7.62. The number of alkyl halides is 3. The van der Waals surface area contributed by atoms with E-state index in [9.17, 15) is 18.0 Å². The van der Waals surface area contributed by atoms with Crippen molar-refractivity contribution in [2.75, 3.05) is 12.1 Å². The first-order valence-corrected chi connectivity index (χ1v) is 10.3. The highest BCUT2D eigenvalue weighted by molar-refractivity contribution is 6.04. The van der Waals surface area contributed by atoms with Gasteiger partial charge in [0.05, 0.1) is 23.6 Å². The van der Waals surface area contributed by atoms with Crippen LogP contribution in [0.4, 0.5) is 18.9 Å². The molecule has 34 heavy (non-hydrogen) atoms. The lowest BCUT2D eigenvalue weighted by atomic mass is 10.0. The maximum absolute atomic E-state index is 13.7. The van der Waals surface area contributed by atoms with E-state index < -0.39 is 17.8 Å². The number of fused-ring (bicyclic) bond motifs is 1. The zero-order chi connectivity index (χ0) is 23.9. The molecule has 0 fully saturated rings. The molecule has 8 nitrogen and oxygen atoms in total. The molecule has 2 aliphatic heterocycles. The highest BCUT2D eigenvalue weighted by Gasteiger charge is 2.37. The van der Waals surface area contributed by atoms with Gasteiger partial charge < -0.3 is 20.1 Å². The Bertz CT molecular complexity index is 1310. The van der Waals surface area contributed by atoms with Gasteiger partial charge in [0, 0.05) is 11.1 Å². The molecule has 3 aromatic rings. The molecule has 1 atom stereocenters. The van der Waals surface area contributed by atoms with Crippen LogP contribution in [0, 0.1) is 0 Å². The number of nitrogens with zero attached hydrogens (tertiary/aromatic N) is 3. The summed E-state index contributed by atoms with van der Waals surface area (Å²) in [6, 6.07) is 8.37. The fourth-order valence-electron chi connectivity index (χ4n) is 3.62. The molecule has 1 aromatic carbocycles. The lowest BCUT2D eigenvalue weighted by Gasteiger charge is -2.17. The van der Waals surface area contributed by atoms with E-state index in [1.165, 1.54) is 18.3 Å². The lowest BCUT2D eigenvalue weighted by Crippen LogP contribution is -2.24. The van der Waals surface area contributed by atoms with Crippen molar-refractivity contribution in [3.8, 4) is 17.3 Å². The van der Waals surface area contributed by atoms with Gasteiger partial charge in [-0.2, -0.15) is 18.3 Å². The summed E-state index contributed by atoms with van der Waals surface area (Å²) in [5, 5.41) is 9.87. The van der Waals surface area contributed by atoms with Gasteiger partial charge in [-0.25, -0.2) is 9.67 Å². The minimum Gasteiger partial charge on any atom is -0.454 e. The Morgan fingerprint density at radius 1 is 1.18 bits per heavy atom. The number of hydrogen-bond donors (Lipinski definition) is 2. The molecule has 0 spiro atoms. The number of halogens is 3. The van der Waals surface area contributed by atoms with E-state index in [4.69, 9.17) is 9.47 Å². The Morgan fingerprint density at radius 3 is 2.74 bits per heavy atom. The van der Waals surface area contributed by atoms with Crippen molar-refractivity contribution in [2.24, 2.45) is 0 Å². The van der Waals surface area contributed by atoms with E-state index in [2.05, 4.69) is 20.7 Å². The summed E-state index contributed by atoms with van der Waals surface area (Å²) in [6.07, 6.45) is 1.77. The topological polar surface area (TPSA) is 90.3 Å². The fraction of sp³-hybridized carbons (Fsp3) is 0.174. The number of nitrogens with one attached hydrogen (secondary N) is 2. The monoisotopic (exact) mass is 469 g/mol. The van der Waals surface area contributed by atoms with Crippen molar-refractivity contribution < 1.29 is 27.4 Å². The molecule has 2 aliphatic rings. The number of carbonyl (C=O) groups excluding carboxylic acids is 1. The van der Waals surface area contributed by atoms with Crippen LogP contribution >= 0.6 is 0 Å². The molecule has 1 amide bonds. The van der Waals surface area contributed by atoms with Crippen molar-refractivity contribution in [3.63, 3.8) is 0 Å². The standard InChI is InChI=1S/C23H18F3N5O3/c1-13-16(3-2-8-27-13)17-10-20(23(24,25)26)31(30-17)21-7-5-15(11-28-21)29-22(32)14-4-6-18-19(9-14)34-12-33-18/h2-11,13,27H,12H2,1H3,(H,29,32). The number of allylic oxidation sites excluding steroid dienone is 2. The first-order chi connectivity index (χ1) is 16.3. The molecule has 0 saturated carbocycles.